The van der Waals surface area contributed by atoms with E-state index in [4.69, 9.17) is 18.0 Å². The molecule has 0 spiro atoms. The lowest BCUT2D eigenvalue weighted by atomic mass is 10.1. The second-order valence-electron chi connectivity index (χ2n) is 3.67. The Labute approximate surface area is 110 Å². The Morgan fingerprint density at radius 1 is 1.53 bits per heavy atom. The molecule has 17 heavy (non-hydrogen) atoms. The van der Waals surface area contributed by atoms with Gasteiger partial charge < -0.3 is 11.1 Å². The van der Waals surface area contributed by atoms with E-state index in [0.717, 1.165) is 28.4 Å². The van der Waals surface area contributed by atoms with Gasteiger partial charge in [-0.2, -0.15) is 0 Å². The molecule has 1 aromatic carbocycles. The molecule has 0 unspecified atom stereocenters. The number of hydrogen-bond acceptors (Lipinski definition) is 4. The number of hydrogen-bond donors (Lipinski definition) is 2. The molecule has 0 aliphatic carbocycles. The molecule has 3 nitrogen and oxygen atoms in total. The Kier molecular flexibility index (Phi) is 3.71. The standard InChI is InChI=1S/C12H13N3S2/c1-8-6-9(12(13)16)2-3-10(8)15-7-11-14-4-5-17-11/h2-6,15H,7H2,1H3,(H2,13,16). The van der Waals surface area contributed by atoms with E-state index in [-0.39, 0.29) is 0 Å². The first-order valence-corrected chi connectivity index (χ1v) is 6.48. The summed E-state index contributed by atoms with van der Waals surface area (Å²) < 4.78 is 0. The van der Waals surface area contributed by atoms with Crippen LogP contribution < -0.4 is 11.1 Å². The first-order valence-electron chi connectivity index (χ1n) is 5.19. The molecule has 0 amide bonds. The summed E-state index contributed by atoms with van der Waals surface area (Å²) in [5.41, 5.74) is 8.70. The SMILES string of the molecule is Cc1cc(C(N)=S)ccc1NCc1nccs1. The summed E-state index contributed by atoms with van der Waals surface area (Å²) in [4.78, 5) is 4.65. The predicted octanol–water partition coefficient (Wildman–Crippen LogP) is 2.70. The fourth-order valence-electron chi connectivity index (χ4n) is 1.53. The van der Waals surface area contributed by atoms with Crippen molar-refractivity contribution in [2.45, 2.75) is 13.5 Å². The number of anilines is 1. The van der Waals surface area contributed by atoms with Crippen LogP contribution in [-0.4, -0.2) is 9.97 Å². The van der Waals surface area contributed by atoms with Gasteiger partial charge in [0.2, 0.25) is 0 Å². The van der Waals surface area contributed by atoms with Crippen LogP contribution >= 0.6 is 23.6 Å². The Hall–Kier alpha value is -1.46. The normalized spacial score (nSPS) is 10.2. The highest BCUT2D eigenvalue weighted by Crippen LogP contribution is 2.18. The topological polar surface area (TPSA) is 50.9 Å². The minimum absolute atomic E-state index is 0.430. The van der Waals surface area contributed by atoms with Crippen LogP contribution in [-0.2, 0) is 6.54 Å². The van der Waals surface area contributed by atoms with Crippen molar-refractivity contribution in [3.8, 4) is 0 Å². The Morgan fingerprint density at radius 3 is 2.94 bits per heavy atom. The number of benzene rings is 1. The molecule has 1 heterocycles. The molecule has 0 aliphatic heterocycles. The van der Waals surface area contributed by atoms with Crippen molar-refractivity contribution in [1.82, 2.24) is 4.98 Å². The van der Waals surface area contributed by atoms with Crippen LogP contribution in [0, 0.1) is 6.92 Å². The summed E-state index contributed by atoms with van der Waals surface area (Å²) >= 11 is 6.59. The van der Waals surface area contributed by atoms with Crippen LogP contribution in [0.2, 0.25) is 0 Å². The third kappa shape index (κ3) is 3.01. The van der Waals surface area contributed by atoms with Gasteiger partial charge in [-0.15, -0.1) is 11.3 Å². The summed E-state index contributed by atoms with van der Waals surface area (Å²) in [6, 6.07) is 5.92. The molecule has 2 aromatic rings. The van der Waals surface area contributed by atoms with Crippen molar-refractivity contribution >= 4 is 34.2 Å². The van der Waals surface area contributed by atoms with Gasteiger partial charge in [-0.05, 0) is 30.7 Å². The van der Waals surface area contributed by atoms with Gasteiger partial charge in [-0.3, -0.25) is 0 Å². The lowest BCUT2D eigenvalue weighted by Gasteiger charge is -2.09. The highest BCUT2D eigenvalue weighted by atomic mass is 32.1. The molecule has 0 saturated carbocycles. The summed E-state index contributed by atoms with van der Waals surface area (Å²) in [6.45, 7) is 2.77. The first-order chi connectivity index (χ1) is 8.16. The van der Waals surface area contributed by atoms with Crippen molar-refractivity contribution in [1.29, 1.82) is 0 Å². The van der Waals surface area contributed by atoms with E-state index in [1.807, 2.05) is 36.7 Å². The van der Waals surface area contributed by atoms with Crippen molar-refractivity contribution in [3.05, 3.63) is 45.9 Å². The second-order valence-corrected chi connectivity index (χ2v) is 5.09. The summed E-state index contributed by atoms with van der Waals surface area (Å²) in [7, 11) is 0. The molecule has 3 N–H and O–H groups in total. The third-order valence-electron chi connectivity index (χ3n) is 2.42. The number of rotatable bonds is 4. The van der Waals surface area contributed by atoms with Gasteiger partial charge in [0.25, 0.3) is 0 Å². The largest absolute Gasteiger partial charge is 0.389 e. The van der Waals surface area contributed by atoms with Crippen LogP contribution in [0.15, 0.2) is 29.8 Å². The van der Waals surface area contributed by atoms with Gasteiger partial charge in [-0.1, -0.05) is 12.2 Å². The smallest absolute Gasteiger partial charge is 0.112 e. The van der Waals surface area contributed by atoms with E-state index in [1.165, 1.54) is 0 Å². The Balaban J connectivity index is 2.09. The number of nitrogens with one attached hydrogen (secondary N) is 1. The van der Waals surface area contributed by atoms with Crippen LogP contribution in [0.3, 0.4) is 0 Å². The quantitative estimate of drug-likeness (QED) is 0.833. The molecule has 0 fully saturated rings. The molecular formula is C12H13N3S2. The molecule has 2 rings (SSSR count). The average molecular weight is 263 g/mol. The zero-order valence-electron chi connectivity index (χ0n) is 9.43. The highest BCUT2D eigenvalue weighted by molar-refractivity contribution is 7.80. The molecule has 0 radical (unpaired) electrons. The molecule has 0 bridgehead atoms. The van der Waals surface area contributed by atoms with E-state index in [9.17, 15) is 0 Å². The Bertz CT molecular complexity index is 521. The van der Waals surface area contributed by atoms with Gasteiger partial charge in [0.05, 0.1) is 6.54 Å². The van der Waals surface area contributed by atoms with E-state index in [2.05, 4.69) is 10.3 Å². The molecular weight excluding hydrogens is 250 g/mol. The molecule has 1 aromatic heterocycles. The maximum absolute atomic E-state index is 5.59. The van der Waals surface area contributed by atoms with Gasteiger partial charge in [0.15, 0.2) is 0 Å². The summed E-state index contributed by atoms with van der Waals surface area (Å²) in [6.07, 6.45) is 1.81. The lowest BCUT2D eigenvalue weighted by molar-refractivity contribution is 1.10. The summed E-state index contributed by atoms with van der Waals surface area (Å²) in [5, 5.41) is 6.39. The van der Waals surface area contributed by atoms with Gasteiger partial charge in [0, 0.05) is 22.8 Å². The van der Waals surface area contributed by atoms with Crippen molar-refractivity contribution in [3.63, 3.8) is 0 Å². The van der Waals surface area contributed by atoms with Crippen LogP contribution in [0.1, 0.15) is 16.1 Å². The van der Waals surface area contributed by atoms with Crippen LogP contribution in [0.4, 0.5) is 5.69 Å². The van der Waals surface area contributed by atoms with E-state index in [1.54, 1.807) is 11.3 Å². The number of nitrogens with two attached hydrogens (primary N) is 1. The van der Waals surface area contributed by atoms with Gasteiger partial charge >= 0.3 is 0 Å². The van der Waals surface area contributed by atoms with Gasteiger partial charge in [0.1, 0.15) is 10.00 Å². The van der Waals surface area contributed by atoms with Crippen molar-refractivity contribution in [2.75, 3.05) is 5.32 Å². The number of thiazole rings is 1. The van der Waals surface area contributed by atoms with E-state index < -0.39 is 0 Å². The highest BCUT2D eigenvalue weighted by Gasteiger charge is 2.02. The zero-order chi connectivity index (χ0) is 12.3. The number of aryl methyl sites for hydroxylation is 1. The molecule has 88 valence electrons. The van der Waals surface area contributed by atoms with Gasteiger partial charge in [-0.25, -0.2) is 4.98 Å². The first kappa shape index (κ1) is 12.0. The predicted molar refractivity (Wildman–Crippen MR) is 76.5 cm³/mol. The lowest BCUT2D eigenvalue weighted by Crippen LogP contribution is -2.10. The van der Waals surface area contributed by atoms with Crippen molar-refractivity contribution < 1.29 is 0 Å². The molecule has 5 heteroatoms. The third-order valence-corrected chi connectivity index (χ3v) is 3.44. The summed E-state index contributed by atoms with van der Waals surface area (Å²) in [5.74, 6) is 0. The fraction of sp³-hybridized carbons (Fsp3) is 0.167. The van der Waals surface area contributed by atoms with Crippen LogP contribution in [0.25, 0.3) is 0 Å². The van der Waals surface area contributed by atoms with E-state index in [0.29, 0.717) is 4.99 Å². The maximum Gasteiger partial charge on any atom is 0.112 e. The number of aromatic nitrogens is 1. The minimum Gasteiger partial charge on any atom is -0.389 e. The zero-order valence-corrected chi connectivity index (χ0v) is 11.1. The monoisotopic (exact) mass is 263 g/mol. The van der Waals surface area contributed by atoms with Crippen LogP contribution in [0.5, 0.6) is 0 Å². The minimum atomic E-state index is 0.430. The molecule has 0 saturated heterocycles. The second kappa shape index (κ2) is 5.25. The van der Waals surface area contributed by atoms with Crippen molar-refractivity contribution in [2.24, 2.45) is 5.73 Å². The Morgan fingerprint density at radius 2 is 2.35 bits per heavy atom. The fourth-order valence-corrected chi connectivity index (χ4v) is 2.21. The number of thiocarbonyl (C=S) groups is 1. The molecule has 0 atom stereocenters. The van der Waals surface area contributed by atoms with E-state index >= 15 is 0 Å². The average Bonchev–Trinajstić information content (AvgIpc) is 2.80. The maximum atomic E-state index is 5.59. The number of nitrogens with zero attached hydrogens (tertiary/aromatic N) is 1. The molecule has 0 aliphatic rings.